The largest absolute Gasteiger partial charge is 0.449 e. The molecule has 0 bridgehead atoms. The first-order valence-electron chi connectivity index (χ1n) is 13.4. The van der Waals surface area contributed by atoms with Crippen LogP contribution in [-0.2, 0) is 14.3 Å². The van der Waals surface area contributed by atoms with Crippen LogP contribution in [0.3, 0.4) is 0 Å². The Morgan fingerprint density at radius 2 is 1.45 bits per heavy atom. The number of carbonyl (C=O) groups is 3. The number of amides is 2. The van der Waals surface area contributed by atoms with Crippen LogP contribution in [0, 0.1) is 0 Å². The molecule has 11 heteroatoms. The lowest BCUT2D eigenvalue weighted by molar-refractivity contribution is -0.136. The van der Waals surface area contributed by atoms with Crippen molar-refractivity contribution in [2.24, 2.45) is 0 Å². The summed E-state index contributed by atoms with van der Waals surface area (Å²) in [6, 6.07) is 17.5. The van der Waals surface area contributed by atoms with Crippen LogP contribution >= 0.6 is 34.8 Å². The van der Waals surface area contributed by atoms with Crippen molar-refractivity contribution in [3.05, 3.63) is 86.9 Å². The number of fused-ring (bicyclic) bond motifs is 3. The van der Waals surface area contributed by atoms with Crippen molar-refractivity contribution in [1.82, 2.24) is 10.6 Å². The van der Waals surface area contributed by atoms with Crippen LogP contribution in [0.5, 0.6) is 5.75 Å². The van der Waals surface area contributed by atoms with Crippen molar-refractivity contribution < 1.29 is 28.6 Å². The molecule has 42 heavy (non-hydrogen) atoms. The van der Waals surface area contributed by atoms with Crippen molar-refractivity contribution in [2.45, 2.75) is 51.2 Å². The lowest BCUT2D eigenvalue weighted by Crippen LogP contribution is -2.44. The number of halogens is 3. The van der Waals surface area contributed by atoms with Crippen molar-refractivity contribution in [2.75, 3.05) is 13.2 Å². The van der Waals surface area contributed by atoms with E-state index in [9.17, 15) is 14.4 Å². The van der Waals surface area contributed by atoms with Crippen molar-refractivity contribution in [1.29, 1.82) is 0 Å². The summed E-state index contributed by atoms with van der Waals surface area (Å²) in [7, 11) is 0. The number of benzene rings is 3. The predicted molar refractivity (Wildman–Crippen MR) is 163 cm³/mol. The highest BCUT2D eigenvalue weighted by Crippen LogP contribution is 2.44. The third kappa shape index (κ3) is 8.09. The van der Waals surface area contributed by atoms with Crippen LogP contribution in [-0.4, -0.2) is 43.0 Å². The van der Waals surface area contributed by atoms with Crippen molar-refractivity contribution >= 4 is 53.0 Å². The molecule has 0 heterocycles. The molecule has 4 rings (SSSR count). The fourth-order valence-electron chi connectivity index (χ4n) is 4.60. The average Bonchev–Trinajstić information content (AvgIpc) is 3.25. The van der Waals surface area contributed by atoms with E-state index in [1.54, 1.807) is 20.8 Å². The summed E-state index contributed by atoms with van der Waals surface area (Å²) in [5, 5.41) is 5.64. The second kappa shape index (κ2) is 13.7. The number of carbonyl (C=O) groups excluding carboxylic acids is 3. The molecule has 0 saturated carbocycles. The highest BCUT2D eigenvalue weighted by atomic mass is 35.5. The first-order chi connectivity index (χ1) is 19.9. The van der Waals surface area contributed by atoms with Crippen LogP contribution in [0.15, 0.2) is 60.7 Å². The molecule has 0 saturated heterocycles. The van der Waals surface area contributed by atoms with Gasteiger partial charge in [-0.25, -0.2) is 14.4 Å². The number of hydrogen-bond donors (Lipinski definition) is 2. The maximum absolute atomic E-state index is 13.2. The second-order valence-corrected chi connectivity index (χ2v) is 11.9. The van der Waals surface area contributed by atoms with Gasteiger partial charge < -0.3 is 24.8 Å². The molecule has 0 fully saturated rings. The second-order valence-electron chi connectivity index (χ2n) is 10.7. The van der Waals surface area contributed by atoms with Gasteiger partial charge in [-0.15, -0.1) is 0 Å². The zero-order valence-electron chi connectivity index (χ0n) is 23.3. The van der Waals surface area contributed by atoms with E-state index in [0.717, 1.165) is 22.3 Å². The summed E-state index contributed by atoms with van der Waals surface area (Å²) in [5.41, 5.74) is 3.66. The molecule has 0 aliphatic heterocycles. The SMILES string of the molecule is CC(C)(C)OC(=O)NCCC[C@H](NC(=O)OCC1c2ccccc2-c2ccccc21)C(=O)Oc1cc(Cl)c(Cl)cc1Cl. The summed E-state index contributed by atoms with van der Waals surface area (Å²) in [4.78, 5) is 38.1. The van der Waals surface area contributed by atoms with Crippen LogP contribution in [0.25, 0.3) is 11.1 Å². The third-order valence-electron chi connectivity index (χ3n) is 6.44. The molecular weight excluding hydrogens is 603 g/mol. The smallest absolute Gasteiger partial charge is 0.407 e. The Morgan fingerprint density at radius 3 is 2.07 bits per heavy atom. The monoisotopic (exact) mass is 632 g/mol. The molecule has 0 spiro atoms. The van der Waals surface area contributed by atoms with E-state index < -0.39 is 29.8 Å². The first kappa shape index (κ1) is 31.5. The summed E-state index contributed by atoms with van der Waals surface area (Å²) in [5.74, 6) is -0.954. The number of ether oxygens (including phenoxy) is 3. The van der Waals surface area contributed by atoms with E-state index in [1.807, 2.05) is 48.5 Å². The summed E-state index contributed by atoms with van der Waals surface area (Å²) in [6.07, 6.45) is -0.942. The average molecular weight is 634 g/mol. The molecule has 0 unspecified atom stereocenters. The molecule has 8 nitrogen and oxygen atoms in total. The number of hydrogen-bond acceptors (Lipinski definition) is 6. The predicted octanol–water partition coefficient (Wildman–Crippen LogP) is 7.76. The molecule has 0 radical (unpaired) electrons. The summed E-state index contributed by atoms with van der Waals surface area (Å²) in [6.45, 7) is 5.53. The van der Waals surface area contributed by atoms with E-state index >= 15 is 0 Å². The Bertz CT molecular complexity index is 1430. The fourth-order valence-corrected chi connectivity index (χ4v) is 5.18. The highest BCUT2D eigenvalue weighted by Gasteiger charge is 2.30. The molecule has 1 aliphatic carbocycles. The lowest BCUT2D eigenvalue weighted by atomic mass is 9.98. The Kier molecular flexibility index (Phi) is 10.2. The van der Waals surface area contributed by atoms with Gasteiger partial charge in [0.2, 0.25) is 0 Å². The molecule has 1 aliphatic rings. The van der Waals surface area contributed by atoms with Crippen LogP contribution in [0.2, 0.25) is 15.1 Å². The molecule has 2 amide bonds. The van der Waals surface area contributed by atoms with E-state index in [4.69, 9.17) is 49.0 Å². The standard InChI is InChI=1S/C31H31Cl3N2O6/c1-31(2,3)42-29(38)35-14-8-13-26(28(37)41-27-16-24(33)23(32)15-25(27)34)36-30(39)40-17-22-20-11-6-4-9-18(20)19-10-5-7-12-21(19)22/h4-7,9-12,15-16,22,26H,8,13-14,17H2,1-3H3,(H,35,38)(H,36,39)/t26-/m0/s1. The van der Waals surface area contributed by atoms with E-state index in [1.165, 1.54) is 12.1 Å². The fraction of sp³-hybridized carbons (Fsp3) is 0.323. The zero-order valence-corrected chi connectivity index (χ0v) is 25.6. The third-order valence-corrected chi connectivity index (χ3v) is 7.46. The van der Waals surface area contributed by atoms with Gasteiger partial charge in [-0.2, -0.15) is 0 Å². The number of rotatable bonds is 9. The topological polar surface area (TPSA) is 103 Å². The number of esters is 1. The van der Waals surface area contributed by atoms with Gasteiger partial charge in [0.25, 0.3) is 0 Å². The van der Waals surface area contributed by atoms with Crippen molar-refractivity contribution in [3.8, 4) is 16.9 Å². The molecule has 0 aromatic heterocycles. The maximum atomic E-state index is 13.2. The minimum absolute atomic E-state index is 0.0118. The minimum atomic E-state index is -1.12. The van der Waals surface area contributed by atoms with Gasteiger partial charge in [0.1, 0.15) is 18.2 Å². The van der Waals surface area contributed by atoms with Gasteiger partial charge in [0.05, 0.1) is 15.1 Å². The highest BCUT2D eigenvalue weighted by molar-refractivity contribution is 6.43. The normalized spacial score (nSPS) is 13.0. The number of alkyl carbamates (subject to hydrolysis) is 2. The van der Waals surface area contributed by atoms with Crippen LogP contribution < -0.4 is 15.4 Å². The van der Waals surface area contributed by atoms with E-state index in [2.05, 4.69) is 10.6 Å². The van der Waals surface area contributed by atoms with Gasteiger partial charge in [-0.05, 0) is 61.9 Å². The molecule has 1 atom stereocenters. The Morgan fingerprint density at radius 1 is 0.857 bits per heavy atom. The van der Waals surface area contributed by atoms with Gasteiger partial charge in [-0.1, -0.05) is 83.3 Å². The maximum Gasteiger partial charge on any atom is 0.407 e. The zero-order chi connectivity index (χ0) is 30.4. The molecular formula is C31H31Cl3N2O6. The number of nitrogens with one attached hydrogen (secondary N) is 2. The Balaban J connectivity index is 1.41. The quantitative estimate of drug-likeness (QED) is 0.108. The Labute approximate surface area is 259 Å². The van der Waals surface area contributed by atoms with Crippen molar-refractivity contribution in [3.63, 3.8) is 0 Å². The summed E-state index contributed by atoms with van der Waals surface area (Å²) >= 11 is 18.2. The van der Waals surface area contributed by atoms with Crippen LogP contribution in [0.4, 0.5) is 9.59 Å². The first-order valence-corrected chi connectivity index (χ1v) is 14.5. The molecule has 3 aromatic carbocycles. The van der Waals surface area contributed by atoms with Crippen LogP contribution in [0.1, 0.15) is 50.7 Å². The van der Waals surface area contributed by atoms with E-state index in [0.29, 0.717) is 6.42 Å². The Hall–Kier alpha value is -3.46. The van der Waals surface area contributed by atoms with Gasteiger partial charge in [-0.3, -0.25) is 0 Å². The van der Waals surface area contributed by atoms with E-state index in [-0.39, 0.29) is 46.3 Å². The molecule has 3 aromatic rings. The molecule has 222 valence electrons. The lowest BCUT2D eigenvalue weighted by Gasteiger charge is -2.21. The van der Waals surface area contributed by atoms with Gasteiger partial charge in [0.15, 0.2) is 5.75 Å². The minimum Gasteiger partial charge on any atom is -0.449 e. The van der Waals surface area contributed by atoms with Gasteiger partial charge in [0, 0.05) is 18.5 Å². The molecule has 2 N–H and O–H groups in total. The van der Waals surface area contributed by atoms with Gasteiger partial charge >= 0.3 is 18.2 Å². The summed E-state index contributed by atoms with van der Waals surface area (Å²) < 4.78 is 16.3.